The second kappa shape index (κ2) is 10.1. The van der Waals surface area contributed by atoms with Gasteiger partial charge in [-0.05, 0) is 85.8 Å². The van der Waals surface area contributed by atoms with Gasteiger partial charge in [0.25, 0.3) is 5.91 Å². The van der Waals surface area contributed by atoms with E-state index in [1.807, 2.05) is 71.8 Å². The SMILES string of the molecule is O=C(c1ccc(Nc2nc3c(N4CCC(O)(c5ccc(Cl)cc5)CC4)cccn3n2)cc1)N1C[C@@H]2CCN[C@@H]2C1. The lowest BCUT2D eigenvalue weighted by Crippen LogP contribution is -2.42. The van der Waals surface area contributed by atoms with E-state index in [-0.39, 0.29) is 5.91 Å². The number of halogens is 1. The molecule has 0 bridgehead atoms. The Balaban J connectivity index is 1.03. The molecule has 3 N–H and O–H groups in total. The second-order valence-corrected chi connectivity index (χ2v) is 11.6. The summed E-state index contributed by atoms with van der Waals surface area (Å²) in [5.41, 5.74) is 3.27. The van der Waals surface area contributed by atoms with Crippen molar-refractivity contribution in [3.8, 4) is 0 Å². The van der Waals surface area contributed by atoms with Crippen LogP contribution < -0.4 is 15.5 Å². The fourth-order valence-electron chi connectivity index (χ4n) is 6.38. The number of fused-ring (bicyclic) bond motifs is 2. The summed E-state index contributed by atoms with van der Waals surface area (Å²) in [5.74, 6) is 1.15. The third-order valence-corrected chi connectivity index (χ3v) is 8.94. The Labute approximate surface area is 237 Å². The van der Waals surface area contributed by atoms with Gasteiger partial charge in [0.2, 0.25) is 5.95 Å². The molecule has 3 aliphatic rings. The average molecular weight is 558 g/mol. The van der Waals surface area contributed by atoms with Crippen LogP contribution in [0.15, 0.2) is 66.9 Å². The first-order valence-electron chi connectivity index (χ1n) is 13.9. The fourth-order valence-corrected chi connectivity index (χ4v) is 6.51. The topological polar surface area (TPSA) is 98.0 Å². The van der Waals surface area contributed by atoms with Gasteiger partial charge in [-0.3, -0.25) is 4.79 Å². The zero-order chi connectivity index (χ0) is 27.3. The lowest BCUT2D eigenvalue weighted by atomic mass is 9.84. The van der Waals surface area contributed by atoms with Gasteiger partial charge in [0.15, 0.2) is 5.65 Å². The lowest BCUT2D eigenvalue weighted by Gasteiger charge is -2.39. The molecule has 206 valence electrons. The first-order valence-corrected chi connectivity index (χ1v) is 14.3. The predicted molar refractivity (Wildman–Crippen MR) is 155 cm³/mol. The molecular weight excluding hydrogens is 526 g/mol. The van der Waals surface area contributed by atoms with Gasteiger partial charge in [-0.15, -0.1) is 5.10 Å². The van der Waals surface area contributed by atoms with Gasteiger partial charge in [-0.2, -0.15) is 4.98 Å². The number of amides is 1. The van der Waals surface area contributed by atoms with Crippen molar-refractivity contribution >= 4 is 40.5 Å². The Morgan fingerprint density at radius 1 is 1.05 bits per heavy atom. The number of hydrogen-bond donors (Lipinski definition) is 3. The number of nitrogens with one attached hydrogen (secondary N) is 2. The number of carbonyl (C=O) groups excluding carboxylic acids is 1. The second-order valence-electron chi connectivity index (χ2n) is 11.1. The molecule has 9 nitrogen and oxygen atoms in total. The summed E-state index contributed by atoms with van der Waals surface area (Å²) in [6, 6.07) is 19.4. The molecule has 0 spiro atoms. The molecule has 5 heterocycles. The molecule has 0 radical (unpaired) electrons. The highest BCUT2D eigenvalue weighted by Crippen LogP contribution is 2.36. The number of hydrogen-bond acceptors (Lipinski definition) is 7. The summed E-state index contributed by atoms with van der Waals surface area (Å²) in [4.78, 5) is 22.0. The van der Waals surface area contributed by atoms with Gasteiger partial charge < -0.3 is 25.5 Å². The minimum Gasteiger partial charge on any atom is -0.385 e. The molecule has 2 atom stereocenters. The van der Waals surface area contributed by atoms with E-state index >= 15 is 0 Å². The highest BCUT2D eigenvalue weighted by molar-refractivity contribution is 6.30. The van der Waals surface area contributed by atoms with Crippen LogP contribution in [0, 0.1) is 5.92 Å². The zero-order valence-corrected chi connectivity index (χ0v) is 22.9. The maximum absolute atomic E-state index is 13.0. The number of aromatic nitrogens is 3. The smallest absolute Gasteiger partial charge is 0.253 e. The fraction of sp³-hybridized carbons (Fsp3) is 0.367. The van der Waals surface area contributed by atoms with Crippen LogP contribution in [0.4, 0.5) is 17.3 Å². The molecule has 4 aromatic rings. The summed E-state index contributed by atoms with van der Waals surface area (Å²) in [5, 5.41) is 23.4. The number of pyridine rings is 1. The molecule has 7 rings (SSSR count). The van der Waals surface area contributed by atoms with E-state index in [0.29, 0.717) is 54.4 Å². The van der Waals surface area contributed by atoms with Gasteiger partial charge in [0.1, 0.15) is 0 Å². The van der Waals surface area contributed by atoms with Crippen LogP contribution in [0.3, 0.4) is 0 Å². The molecule has 0 unspecified atom stereocenters. The molecule has 2 aromatic heterocycles. The van der Waals surface area contributed by atoms with Crippen LogP contribution in [-0.4, -0.2) is 69.3 Å². The molecule has 10 heteroatoms. The number of likely N-dealkylation sites (tertiary alicyclic amines) is 1. The molecule has 3 aliphatic heterocycles. The van der Waals surface area contributed by atoms with Crippen LogP contribution in [0.5, 0.6) is 0 Å². The van der Waals surface area contributed by atoms with E-state index < -0.39 is 5.60 Å². The van der Waals surface area contributed by atoms with Crippen molar-refractivity contribution in [2.45, 2.75) is 30.9 Å². The molecular formula is C30H32ClN7O2. The van der Waals surface area contributed by atoms with Crippen LogP contribution in [0.25, 0.3) is 5.65 Å². The van der Waals surface area contributed by atoms with Crippen molar-refractivity contribution in [3.05, 3.63) is 83.0 Å². The standard InChI is InChI=1S/C30H32ClN7O2/c31-23-7-5-22(6-8-23)30(40)12-16-36(17-13-30)26-2-1-15-38-27(26)34-29(35-38)33-24-9-3-20(4-10-24)28(39)37-18-21-11-14-32-25(21)19-37/h1-10,15,21,25,32,40H,11-14,16-19H2,(H,33,35)/t21-,25+/m0/s1. The minimum atomic E-state index is -0.870. The van der Waals surface area contributed by atoms with E-state index in [4.69, 9.17) is 16.6 Å². The molecule has 1 amide bonds. The van der Waals surface area contributed by atoms with Gasteiger partial charge >= 0.3 is 0 Å². The molecule has 2 aromatic carbocycles. The number of nitrogens with zero attached hydrogens (tertiary/aromatic N) is 5. The van der Waals surface area contributed by atoms with Crippen molar-refractivity contribution in [2.24, 2.45) is 5.92 Å². The largest absolute Gasteiger partial charge is 0.385 e. The number of anilines is 3. The van der Waals surface area contributed by atoms with Gasteiger partial charge in [-0.1, -0.05) is 23.7 Å². The summed E-state index contributed by atoms with van der Waals surface area (Å²) in [7, 11) is 0. The maximum atomic E-state index is 13.0. The summed E-state index contributed by atoms with van der Waals surface area (Å²) >= 11 is 6.04. The Bertz CT molecular complexity index is 1520. The number of piperidine rings is 1. The molecule has 3 fully saturated rings. The highest BCUT2D eigenvalue weighted by Gasteiger charge is 2.38. The normalized spacial score (nSPS) is 22.1. The quantitative estimate of drug-likeness (QED) is 0.340. The predicted octanol–water partition coefficient (Wildman–Crippen LogP) is 4.05. The van der Waals surface area contributed by atoms with Crippen molar-refractivity contribution in [1.29, 1.82) is 0 Å². The monoisotopic (exact) mass is 557 g/mol. The van der Waals surface area contributed by atoms with E-state index in [1.165, 1.54) is 0 Å². The average Bonchev–Trinajstić information content (AvgIpc) is 3.69. The summed E-state index contributed by atoms with van der Waals surface area (Å²) in [6.07, 6.45) is 4.24. The van der Waals surface area contributed by atoms with Crippen LogP contribution in [-0.2, 0) is 5.60 Å². The third kappa shape index (κ3) is 4.68. The number of aliphatic hydroxyl groups is 1. The zero-order valence-electron chi connectivity index (χ0n) is 22.1. The Kier molecular flexibility index (Phi) is 6.37. The number of carbonyl (C=O) groups is 1. The first-order chi connectivity index (χ1) is 19.4. The minimum absolute atomic E-state index is 0.0859. The highest BCUT2D eigenvalue weighted by atomic mass is 35.5. The van der Waals surface area contributed by atoms with Crippen molar-refractivity contribution in [1.82, 2.24) is 24.8 Å². The van der Waals surface area contributed by atoms with Crippen LogP contribution in [0.1, 0.15) is 35.2 Å². The van der Waals surface area contributed by atoms with Crippen LogP contribution in [0.2, 0.25) is 5.02 Å². The number of rotatable bonds is 5. The molecule has 0 saturated carbocycles. The molecule has 0 aliphatic carbocycles. The van der Waals surface area contributed by atoms with Gasteiger partial charge in [-0.25, -0.2) is 4.52 Å². The number of benzene rings is 2. The van der Waals surface area contributed by atoms with E-state index in [9.17, 15) is 9.90 Å². The van der Waals surface area contributed by atoms with E-state index in [0.717, 1.165) is 48.6 Å². The van der Waals surface area contributed by atoms with Gasteiger partial charge in [0.05, 0.1) is 11.3 Å². The van der Waals surface area contributed by atoms with Crippen molar-refractivity contribution in [2.75, 3.05) is 42.9 Å². The molecule has 40 heavy (non-hydrogen) atoms. The van der Waals surface area contributed by atoms with E-state index in [2.05, 4.69) is 20.6 Å². The van der Waals surface area contributed by atoms with Crippen molar-refractivity contribution < 1.29 is 9.90 Å². The third-order valence-electron chi connectivity index (χ3n) is 8.69. The van der Waals surface area contributed by atoms with Gasteiger partial charge in [0, 0.05) is 54.7 Å². The maximum Gasteiger partial charge on any atom is 0.253 e. The lowest BCUT2D eigenvalue weighted by molar-refractivity contribution is 0.0118. The first kappa shape index (κ1) is 25.3. The summed E-state index contributed by atoms with van der Waals surface area (Å²) < 4.78 is 1.77. The van der Waals surface area contributed by atoms with Crippen LogP contribution >= 0.6 is 11.6 Å². The summed E-state index contributed by atoms with van der Waals surface area (Å²) in [6.45, 7) is 4.06. The Hall–Kier alpha value is -3.66. The Morgan fingerprint density at radius 2 is 1.82 bits per heavy atom. The van der Waals surface area contributed by atoms with E-state index in [1.54, 1.807) is 4.52 Å². The Morgan fingerprint density at radius 3 is 2.58 bits per heavy atom. The molecule has 3 saturated heterocycles. The van der Waals surface area contributed by atoms with Crippen molar-refractivity contribution in [3.63, 3.8) is 0 Å².